The van der Waals surface area contributed by atoms with Crippen LogP contribution in [0.3, 0.4) is 0 Å². The summed E-state index contributed by atoms with van der Waals surface area (Å²) in [5, 5.41) is 3.67. The number of benzene rings is 2. The van der Waals surface area contributed by atoms with Gasteiger partial charge in [0.1, 0.15) is 11.6 Å². The summed E-state index contributed by atoms with van der Waals surface area (Å²) in [6.45, 7) is 3.21. The Kier molecular flexibility index (Phi) is 6.69. The number of morpholine rings is 1. The van der Waals surface area contributed by atoms with E-state index in [-0.39, 0.29) is 35.8 Å². The monoisotopic (exact) mass is 464 g/mol. The van der Waals surface area contributed by atoms with Crippen molar-refractivity contribution in [3.63, 3.8) is 0 Å². The molecule has 1 aliphatic carbocycles. The number of carbonyl (C=O) groups is 1. The van der Waals surface area contributed by atoms with E-state index in [1.54, 1.807) is 22.8 Å². The highest BCUT2D eigenvalue weighted by Gasteiger charge is 2.28. The van der Waals surface area contributed by atoms with Crippen molar-refractivity contribution in [2.75, 3.05) is 32.8 Å². The van der Waals surface area contributed by atoms with Gasteiger partial charge in [0, 0.05) is 38.5 Å². The van der Waals surface area contributed by atoms with E-state index in [2.05, 4.69) is 10.2 Å². The van der Waals surface area contributed by atoms with Gasteiger partial charge in [-0.1, -0.05) is 24.3 Å². The molecule has 2 heterocycles. The molecule has 34 heavy (non-hydrogen) atoms. The largest absolute Gasteiger partial charge is 0.379 e. The number of rotatable bonds is 8. The fraction of sp³-hybridized carbons (Fsp3) is 0.423. The normalized spacial score (nSPS) is 17.6. The first kappa shape index (κ1) is 22.7. The number of aryl methyl sites for hydroxylation is 1. The molecule has 1 aliphatic heterocycles. The number of aromatic nitrogens is 2. The summed E-state index contributed by atoms with van der Waals surface area (Å²) >= 11 is 0. The molecule has 7 nitrogen and oxygen atoms in total. The van der Waals surface area contributed by atoms with Crippen molar-refractivity contribution >= 4 is 16.8 Å². The van der Waals surface area contributed by atoms with Crippen LogP contribution in [0.4, 0.5) is 4.39 Å². The summed E-state index contributed by atoms with van der Waals surface area (Å²) in [6, 6.07) is 13.9. The fourth-order valence-electron chi connectivity index (χ4n) is 4.63. The van der Waals surface area contributed by atoms with Gasteiger partial charge in [0.25, 0.3) is 5.56 Å². The summed E-state index contributed by atoms with van der Waals surface area (Å²) < 4.78 is 20.7. The number of hydrogen-bond acceptors (Lipinski definition) is 5. The Bertz CT molecular complexity index is 1220. The molecule has 0 radical (unpaired) electrons. The molecule has 1 N–H and O–H groups in total. The lowest BCUT2D eigenvalue weighted by molar-refractivity contribution is -0.121. The van der Waals surface area contributed by atoms with E-state index in [0.717, 1.165) is 31.5 Å². The van der Waals surface area contributed by atoms with Crippen LogP contribution in [0.5, 0.6) is 0 Å². The van der Waals surface area contributed by atoms with Gasteiger partial charge in [-0.15, -0.1) is 0 Å². The zero-order chi connectivity index (χ0) is 23.5. The van der Waals surface area contributed by atoms with Crippen LogP contribution < -0.4 is 10.9 Å². The number of nitrogens with zero attached hydrogens (tertiary/aromatic N) is 3. The third kappa shape index (κ3) is 5.03. The second-order valence-corrected chi connectivity index (χ2v) is 8.97. The van der Waals surface area contributed by atoms with E-state index >= 15 is 0 Å². The Labute approximate surface area is 197 Å². The molecule has 1 saturated heterocycles. The van der Waals surface area contributed by atoms with Crippen LogP contribution in [0.2, 0.25) is 0 Å². The van der Waals surface area contributed by atoms with Crippen molar-refractivity contribution in [2.24, 2.45) is 0 Å². The molecular formula is C26H29FN4O3. The van der Waals surface area contributed by atoms with Crippen molar-refractivity contribution in [2.45, 2.75) is 37.8 Å². The van der Waals surface area contributed by atoms with Gasteiger partial charge in [-0.3, -0.25) is 19.1 Å². The van der Waals surface area contributed by atoms with Gasteiger partial charge in [-0.25, -0.2) is 9.37 Å². The van der Waals surface area contributed by atoms with Crippen LogP contribution >= 0.6 is 0 Å². The van der Waals surface area contributed by atoms with Crippen molar-refractivity contribution in [3.8, 4) is 0 Å². The predicted octanol–water partition coefficient (Wildman–Crippen LogP) is 2.99. The zero-order valence-corrected chi connectivity index (χ0v) is 19.1. The molecule has 2 aromatic carbocycles. The fourth-order valence-corrected chi connectivity index (χ4v) is 4.63. The highest BCUT2D eigenvalue weighted by Crippen LogP contribution is 2.35. The number of hydrogen-bond donors (Lipinski definition) is 1. The standard InChI is InChI=1S/C26H29FN4O3/c27-19-7-5-18(6-8-19)23(30-13-15-34-16-14-30)17-28-25(32)12-11-24-29-22-4-2-1-3-21(22)26(33)31(24)20-9-10-20/h1-8,20,23H,9-17H2,(H,28,32)/t23-/m0/s1. The molecule has 1 amide bonds. The average Bonchev–Trinajstić information content (AvgIpc) is 3.70. The molecule has 0 spiro atoms. The highest BCUT2D eigenvalue weighted by atomic mass is 19.1. The van der Waals surface area contributed by atoms with Crippen molar-refractivity contribution < 1.29 is 13.9 Å². The van der Waals surface area contributed by atoms with E-state index in [0.29, 0.717) is 42.9 Å². The Balaban J connectivity index is 1.27. The van der Waals surface area contributed by atoms with Crippen LogP contribution in [0, 0.1) is 5.82 Å². The van der Waals surface area contributed by atoms with Crippen LogP contribution in [-0.2, 0) is 16.0 Å². The molecule has 178 valence electrons. The van der Waals surface area contributed by atoms with Crippen LogP contribution in [0.15, 0.2) is 53.3 Å². The molecule has 2 fully saturated rings. The SMILES string of the molecule is O=C(CCc1nc2ccccc2c(=O)n1C1CC1)NC[C@@H](c1ccc(F)cc1)N1CCOCC1. The summed E-state index contributed by atoms with van der Waals surface area (Å²) in [6.07, 6.45) is 2.59. The molecule has 1 atom stereocenters. The van der Waals surface area contributed by atoms with Crippen molar-refractivity contribution in [3.05, 3.63) is 76.1 Å². The van der Waals surface area contributed by atoms with Gasteiger partial charge in [0.05, 0.1) is 30.2 Å². The van der Waals surface area contributed by atoms with Gasteiger partial charge in [-0.05, 0) is 42.7 Å². The van der Waals surface area contributed by atoms with Crippen molar-refractivity contribution in [1.29, 1.82) is 0 Å². The first-order chi connectivity index (χ1) is 16.6. The number of carbonyl (C=O) groups excluding carboxylic acids is 1. The number of fused-ring (bicyclic) bond motifs is 1. The quantitative estimate of drug-likeness (QED) is 0.555. The minimum atomic E-state index is -0.280. The molecule has 5 rings (SSSR count). The maximum absolute atomic E-state index is 13.5. The highest BCUT2D eigenvalue weighted by molar-refractivity contribution is 5.78. The molecule has 0 bridgehead atoms. The topological polar surface area (TPSA) is 76.5 Å². The minimum absolute atomic E-state index is 0.0211. The first-order valence-electron chi connectivity index (χ1n) is 11.9. The Hall–Kier alpha value is -3.10. The van der Waals surface area contributed by atoms with Gasteiger partial charge in [0.15, 0.2) is 0 Å². The summed E-state index contributed by atoms with van der Waals surface area (Å²) in [4.78, 5) is 32.8. The maximum Gasteiger partial charge on any atom is 0.261 e. The van der Waals surface area contributed by atoms with Crippen LogP contribution in [0.25, 0.3) is 10.9 Å². The number of para-hydroxylation sites is 1. The smallest absolute Gasteiger partial charge is 0.261 e. The molecule has 1 aromatic heterocycles. The Morgan fingerprint density at radius 3 is 2.59 bits per heavy atom. The van der Waals surface area contributed by atoms with E-state index in [1.165, 1.54) is 12.1 Å². The minimum Gasteiger partial charge on any atom is -0.379 e. The molecule has 1 saturated carbocycles. The third-order valence-electron chi connectivity index (χ3n) is 6.60. The average molecular weight is 465 g/mol. The molecule has 0 unspecified atom stereocenters. The van der Waals surface area contributed by atoms with Crippen molar-refractivity contribution in [1.82, 2.24) is 19.8 Å². The predicted molar refractivity (Wildman–Crippen MR) is 127 cm³/mol. The summed E-state index contributed by atoms with van der Waals surface area (Å²) in [7, 11) is 0. The molecular weight excluding hydrogens is 435 g/mol. The number of amides is 1. The van der Waals surface area contributed by atoms with E-state index in [4.69, 9.17) is 9.72 Å². The third-order valence-corrected chi connectivity index (χ3v) is 6.60. The Morgan fingerprint density at radius 1 is 1.12 bits per heavy atom. The lowest BCUT2D eigenvalue weighted by atomic mass is 10.0. The molecule has 3 aromatic rings. The zero-order valence-electron chi connectivity index (χ0n) is 19.1. The van der Waals surface area contributed by atoms with Crippen LogP contribution in [0.1, 0.15) is 42.7 Å². The van der Waals surface area contributed by atoms with E-state index in [9.17, 15) is 14.0 Å². The second-order valence-electron chi connectivity index (χ2n) is 8.97. The van der Waals surface area contributed by atoms with Gasteiger partial charge < -0.3 is 10.1 Å². The number of ether oxygens (including phenoxy) is 1. The molecule has 8 heteroatoms. The van der Waals surface area contributed by atoms with Crippen LogP contribution in [-0.4, -0.2) is 53.2 Å². The maximum atomic E-state index is 13.5. The lowest BCUT2D eigenvalue weighted by Crippen LogP contribution is -2.43. The lowest BCUT2D eigenvalue weighted by Gasteiger charge is -2.35. The summed E-state index contributed by atoms with van der Waals surface area (Å²) in [5.41, 5.74) is 1.61. The van der Waals surface area contributed by atoms with Gasteiger partial charge in [0.2, 0.25) is 5.91 Å². The summed E-state index contributed by atoms with van der Waals surface area (Å²) in [5.74, 6) is 0.299. The molecule has 2 aliphatic rings. The van der Waals surface area contributed by atoms with E-state index < -0.39 is 0 Å². The van der Waals surface area contributed by atoms with Gasteiger partial charge in [-0.2, -0.15) is 0 Å². The van der Waals surface area contributed by atoms with Gasteiger partial charge >= 0.3 is 0 Å². The first-order valence-corrected chi connectivity index (χ1v) is 11.9. The number of halogens is 1. The van der Waals surface area contributed by atoms with E-state index in [1.807, 2.05) is 18.2 Å². The Morgan fingerprint density at radius 2 is 1.85 bits per heavy atom. The second kappa shape index (κ2) is 10.0. The number of nitrogens with one attached hydrogen (secondary N) is 1.